The number of anilines is 1. The first kappa shape index (κ1) is 13.0. The van der Waals surface area contributed by atoms with Crippen molar-refractivity contribution in [2.75, 3.05) is 11.9 Å². The Balaban J connectivity index is 1.57. The predicted octanol–water partition coefficient (Wildman–Crippen LogP) is 4.21. The highest BCUT2D eigenvalue weighted by Gasteiger charge is 2.41. The van der Waals surface area contributed by atoms with Crippen molar-refractivity contribution in [2.24, 2.45) is 0 Å². The Kier molecular flexibility index (Phi) is 3.53. The van der Waals surface area contributed by atoms with Gasteiger partial charge in [0.1, 0.15) is 0 Å². The highest BCUT2D eigenvalue weighted by Crippen LogP contribution is 2.43. The van der Waals surface area contributed by atoms with Crippen LogP contribution in [0.25, 0.3) is 0 Å². The molecule has 1 unspecified atom stereocenters. The van der Waals surface area contributed by atoms with Gasteiger partial charge in [0.15, 0.2) is 0 Å². The minimum atomic E-state index is 0.258. The Morgan fingerprint density at radius 1 is 1.21 bits per heavy atom. The topological polar surface area (TPSA) is 21.3 Å². The maximum absolute atomic E-state index is 6.34. The Morgan fingerprint density at radius 2 is 2.00 bits per heavy atom. The number of hydrogen-bond donors (Lipinski definition) is 1. The minimum Gasteiger partial charge on any atom is -0.382 e. The van der Waals surface area contributed by atoms with Gasteiger partial charge in [-0.3, -0.25) is 0 Å². The number of ether oxygens (including phenoxy) is 1. The van der Waals surface area contributed by atoms with E-state index >= 15 is 0 Å². The molecule has 0 amide bonds. The summed E-state index contributed by atoms with van der Waals surface area (Å²) < 4.78 is 6.34. The number of hydrogen-bond acceptors (Lipinski definition) is 2. The Morgan fingerprint density at radius 3 is 2.79 bits per heavy atom. The molecule has 1 aliphatic carbocycles. The lowest BCUT2D eigenvalue weighted by atomic mass is 9.98. The van der Waals surface area contributed by atoms with Crippen molar-refractivity contribution in [3.8, 4) is 0 Å². The zero-order valence-corrected chi connectivity index (χ0v) is 12.2. The van der Waals surface area contributed by atoms with Crippen molar-refractivity contribution in [1.82, 2.24) is 0 Å². The maximum Gasteiger partial charge on any atom is 0.0756 e. The van der Waals surface area contributed by atoms with Crippen LogP contribution >= 0.6 is 0 Å². The molecule has 1 spiro atoms. The third-order valence-corrected chi connectivity index (χ3v) is 4.98. The first-order valence-electron chi connectivity index (χ1n) is 7.66. The number of rotatable bonds is 3. The van der Waals surface area contributed by atoms with Crippen LogP contribution in [0.5, 0.6) is 0 Å². The SMILES string of the molecule is Cc1cccc(NCC2CCC3(CCCC3)O2)c1C. The van der Waals surface area contributed by atoms with Crippen molar-refractivity contribution < 1.29 is 4.74 Å². The maximum atomic E-state index is 6.34. The standard InChI is InChI=1S/C17H25NO/c1-13-6-5-7-16(14(13)2)18-12-15-8-11-17(19-15)9-3-4-10-17/h5-7,15,18H,3-4,8-12H2,1-2H3. The lowest BCUT2D eigenvalue weighted by molar-refractivity contribution is -0.0307. The minimum absolute atomic E-state index is 0.258. The molecule has 1 saturated heterocycles. The molecule has 1 aromatic carbocycles. The summed E-state index contributed by atoms with van der Waals surface area (Å²) >= 11 is 0. The highest BCUT2D eigenvalue weighted by atomic mass is 16.5. The summed E-state index contributed by atoms with van der Waals surface area (Å²) in [7, 11) is 0. The van der Waals surface area contributed by atoms with Gasteiger partial charge in [-0.1, -0.05) is 25.0 Å². The molecule has 2 aliphatic rings. The fraction of sp³-hybridized carbons (Fsp3) is 0.647. The summed E-state index contributed by atoms with van der Waals surface area (Å²) in [6.07, 6.45) is 8.18. The molecule has 1 N–H and O–H groups in total. The zero-order valence-electron chi connectivity index (χ0n) is 12.2. The van der Waals surface area contributed by atoms with Gasteiger partial charge in [-0.25, -0.2) is 0 Å². The van der Waals surface area contributed by atoms with E-state index in [9.17, 15) is 0 Å². The first-order valence-corrected chi connectivity index (χ1v) is 7.66. The van der Waals surface area contributed by atoms with Crippen LogP contribution in [0.2, 0.25) is 0 Å². The summed E-state index contributed by atoms with van der Waals surface area (Å²) in [6, 6.07) is 6.46. The smallest absolute Gasteiger partial charge is 0.0756 e. The number of benzene rings is 1. The van der Waals surface area contributed by atoms with Crippen LogP contribution in [0, 0.1) is 13.8 Å². The number of aryl methyl sites for hydroxylation is 1. The van der Waals surface area contributed by atoms with Gasteiger partial charge in [0.2, 0.25) is 0 Å². The van der Waals surface area contributed by atoms with E-state index in [-0.39, 0.29) is 5.60 Å². The summed E-state index contributed by atoms with van der Waals surface area (Å²) in [5.41, 5.74) is 4.23. The number of nitrogens with one attached hydrogen (secondary N) is 1. The summed E-state index contributed by atoms with van der Waals surface area (Å²) in [5.74, 6) is 0. The van der Waals surface area contributed by atoms with E-state index in [2.05, 4.69) is 37.4 Å². The van der Waals surface area contributed by atoms with Gasteiger partial charge in [0, 0.05) is 12.2 Å². The van der Waals surface area contributed by atoms with Crippen LogP contribution in [-0.4, -0.2) is 18.2 Å². The van der Waals surface area contributed by atoms with Crippen LogP contribution in [0.3, 0.4) is 0 Å². The largest absolute Gasteiger partial charge is 0.382 e. The second-order valence-corrected chi connectivity index (χ2v) is 6.30. The lowest BCUT2D eigenvalue weighted by Crippen LogP contribution is -2.28. The molecule has 2 nitrogen and oxygen atoms in total. The Hall–Kier alpha value is -1.02. The lowest BCUT2D eigenvalue weighted by Gasteiger charge is -2.24. The first-order chi connectivity index (χ1) is 9.19. The zero-order chi connectivity index (χ0) is 13.3. The molecule has 0 radical (unpaired) electrons. The van der Waals surface area contributed by atoms with Crippen LogP contribution in [0.4, 0.5) is 5.69 Å². The molecule has 1 atom stereocenters. The molecule has 19 heavy (non-hydrogen) atoms. The third kappa shape index (κ3) is 2.64. The van der Waals surface area contributed by atoms with Gasteiger partial charge in [0.05, 0.1) is 11.7 Å². The highest BCUT2D eigenvalue weighted by molar-refractivity contribution is 5.53. The van der Waals surface area contributed by atoms with Gasteiger partial charge in [0.25, 0.3) is 0 Å². The van der Waals surface area contributed by atoms with Crippen LogP contribution in [0.1, 0.15) is 49.7 Å². The fourth-order valence-corrected chi connectivity index (χ4v) is 3.59. The molecule has 2 fully saturated rings. The van der Waals surface area contributed by atoms with Gasteiger partial charge in [-0.15, -0.1) is 0 Å². The Labute approximate surface area is 116 Å². The van der Waals surface area contributed by atoms with Crippen molar-refractivity contribution in [1.29, 1.82) is 0 Å². The van der Waals surface area contributed by atoms with Crippen molar-refractivity contribution in [3.05, 3.63) is 29.3 Å². The van der Waals surface area contributed by atoms with Crippen molar-refractivity contribution in [3.63, 3.8) is 0 Å². The molecule has 104 valence electrons. The molecule has 1 saturated carbocycles. The van der Waals surface area contributed by atoms with Gasteiger partial charge in [-0.2, -0.15) is 0 Å². The average Bonchev–Trinajstić information content (AvgIpc) is 3.02. The van der Waals surface area contributed by atoms with Gasteiger partial charge >= 0.3 is 0 Å². The van der Waals surface area contributed by atoms with Crippen LogP contribution in [-0.2, 0) is 4.74 Å². The summed E-state index contributed by atoms with van der Waals surface area (Å²) in [4.78, 5) is 0. The van der Waals surface area contributed by atoms with Crippen LogP contribution in [0.15, 0.2) is 18.2 Å². The van der Waals surface area contributed by atoms with E-state index in [0.29, 0.717) is 6.10 Å². The van der Waals surface area contributed by atoms with E-state index < -0.39 is 0 Å². The summed E-state index contributed by atoms with van der Waals surface area (Å²) in [6.45, 7) is 5.30. The molecular formula is C17H25NO. The monoisotopic (exact) mass is 259 g/mol. The fourth-order valence-electron chi connectivity index (χ4n) is 3.59. The van der Waals surface area contributed by atoms with Crippen molar-refractivity contribution in [2.45, 2.75) is 64.1 Å². The van der Waals surface area contributed by atoms with E-state index in [0.717, 1.165) is 6.54 Å². The van der Waals surface area contributed by atoms with Gasteiger partial charge < -0.3 is 10.1 Å². The Bertz CT molecular complexity index is 449. The van der Waals surface area contributed by atoms with Crippen LogP contribution < -0.4 is 5.32 Å². The predicted molar refractivity (Wildman–Crippen MR) is 79.7 cm³/mol. The quantitative estimate of drug-likeness (QED) is 0.878. The molecule has 2 heteroatoms. The molecule has 1 aliphatic heterocycles. The molecule has 0 bridgehead atoms. The van der Waals surface area contributed by atoms with Gasteiger partial charge in [-0.05, 0) is 56.7 Å². The second-order valence-electron chi connectivity index (χ2n) is 6.30. The van der Waals surface area contributed by atoms with Crippen molar-refractivity contribution >= 4 is 5.69 Å². The van der Waals surface area contributed by atoms with E-state index in [1.54, 1.807) is 0 Å². The van der Waals surface area contributed by atoms with E-state index in [1.165, 1.54) is 55.3 Å². The van der Waals surface area contributed by atoms with E-state index in [1.807, 2.05) is 0 Å². The third-order valence-electron chi connectivity index (χ3n) is 4.98. The molecule has 0 aromatic heterocycles. The molecule has 1 aromatic rings. The molecule has 3 rings (SSSR count). The summed E-state index contributed by atoms with van der Waals surface area (Å²) in [5, 5.41) is 3.58. The molecule has 1 heterocycles. The normalized spacial score (nSPS) is 25.1. The average molecular weight is 259 g/mol. The molecular weight excluding hydrogens is 234 g/mol. The second kappa shape index (κ2) is 5.16. The van der Waals surface area contributed by atoms with E-state index in [4.69, 9.17) is 4.74 Å².